The molecular formula is C34H49N3O7S. The Kier molecular flexibility index (Phi) is 14.7. The van der Waals surface area contributed by atoms with Crippen LogP contribution in [0, 0.1) is 11.8 Å². The lowest BCUT2D eigenvalue weighted by Crippen LogP contribution is -2.44. The van der Waals surface area contributed by atoms with Crippen molar-refractivity contribution >= 4 is 35.3 Å². The van der Waals surface area contributed by atoms with Gasteiger partial charge in [-0.15, -0.1) is 11.3 Å². The Balaban J connectivity index is 2.29. The van der Waals surface area contributed by atoms with Crippen LogP contribution in [0.1, 0.15) is 94.9 Å². The van der Waals surface area contributed by atoms with Gasteiger partial charge in [-0.3, -0.25) is 14.4 Å². The maximum Gasteiger partial charge on any atom is 0.410 e. The molecular weight excluding hydrogens is 594 g/mol. The van der Waals surface area contributed by atoms with Gasteiger partial charge >= 0.3 is 18.0 Å². The predicted octanol–water partition coefficient (Wildman–Crippen LogP) is 6.52. The van der Waals surface area contributed by atoms with Crippen LogP contribution in [0.4, 0.5) is 4.79 Å². The quantitative estimate of drug-likeness (QED) is 0.125. The van der Waals surface area contributed by atoms with E-state index in [0.717, 1.165) is 5.56 Å². The summed E-state index contributed by atoms with van der Waals surface area (Å²) in [5.41, 5.74) is 0.517. The van der Waals surface area contributed by atoms with Crippen LogP contribution in [0.3, 0.4) is 0 Å². The standard InChI is InChI=1S/C34H49N3O7S/c1-10-17-42-32(40)23(5)18-25(19-24-15-13-12-14-16-24)35-30(39)26-21-45-31(36-26)28(43-29(38)11-2)20-27(22(3)4)37(9)33(41)44-34(6,7)8/h10,12-16,21-23,25,27-28H,1,11,17-20H2,2-9H3,(H,35,39)/t23-,25+,27+,28+/m0/s1. The molecule has 0 fully saturated rings. The minimum atomic E-state index is -0.777. The molecule has 0 radical (unpaired) electrons. The molecule has 2 aromatic rings. The first-order valence-electron chi connectivity index (χ1n) is 15.4. The van der Waals surface area contributed by atoms with Crippen LogP contribution in [0.15, 0.2) is 48.4 Å². The topological polar surface area (TPSA) is 124 Å². The molecule has 45 heavy (non-hydrogen) atoms. The lowest BCUT2D eigenvalue weighted by atomic mass is 9.96. The van der Waals surface area contributed by atoms with Crippen molar-refractivity contribution in [1.82, 2.24) is 15.2 Å². The average Bonchev–Trinajstić information content (AvgIpc) is 3.47. The molecule has 1 aromatic carbocycles. The van der Waals surface area contributed by atoms with Gasteiger partial charge in [0.2, 0.25) is 0 Å². The summed E-state index contributed by atoms with van der Waals surface area (Å²) in [6, 6.07) is 8.97. The molecule has 0 aliphatic rings. The van der Waals surface area contributed by atoms with E-state index in [2.05, 4.69) is 16.9 Å². The monoisotopic (exact) mass is 643 g/mol. The molecule has 0 saturated carbocycles. The van der Waals surface area contributed by atoms with Gasteiger partial charge in [0, 0.05) is 37.4 Å². The lowest BCUT2D eigenvalue weighted by Gasteiger charge is -2.34. The van der Waals surface area contributed by atoms with E-state index >= 15 is 0 Å². The van der Waals surface area contributed by atoms with Crippen molar-refractivity contribution < 1.29 is 33.4 Å². The molecule has 1 N–H and O–H groups in total. The zero-order valence-electron chi connectivity index (χ0n) is 27.8. The summed E-state index contributed by atoms with van der Waals surface area (Å²) in [7, 11) is 1.67. The number of hydrogen-bond acceptors (Lipinski definition) is 9. The van der Waals surface area contributed by atoms with Gasteiger partial charge in [-0.2, -0.15) is 0 Å². The fourth-order valence-corrected chi connectivity index (χ4v) is 5.54. The number of nitrogens with zero attached hydrogens (tertiary/aromatic N) is 2. The van der Waals surface area contributed by atoms with Crippen molar-refractivity contribution in [3.05, 3.63) is 64.6 Å². The van der Waals surface area contributed by atoms with Crippen LogP contribution in [0.5, 0.6) is 0 Å². The molecule has 0 unspecified atom stereocenters. The van der Waals surface area contributed by atoms with Gasteiger partial charge in [0.1, 0.15) is 22.9 Å². The minimum absolute atomic E-state index is 0.00647. The highest BCUT2D eigenvalue weighted by Crippen LogP contribution is 2.31. The number of benzene rings is 1. The van der Waals surface area contributed by atoms with Gasteiger partial charge in [-0.05, 0) is 45.1 Å². The third kappa shape index (κ3) is 12.7. The Morgan fingerprint density at radius 2 is 1.76 bits per heavy atom. The van der Waals surface area contributed by atoms with Crippen LogP contribution in [-0.4, -0.2) is 65.2 Å². The van der Waals surface area contributed by atoms with E-state index < -0.39 is 35.6 Å². The van der Waals surface area contributed by atoms with E-state index in [1.807, 2.05) is 44.2 Å². The van der Waals surface area contributed by atoms with Crippen LogP contribution < -0.4 is 5.32 Å². The SMILES string of the molecule is C=CCOC(=O)[C@@H](C)C[C@H](Cc1ccccc1)NC(=O)c1csc([C@@H](C[C@H](C(C)C)N(C)C(=O)OC(C)(C)C)OC(=O)CC)n1. The van der Waals surface area contributed by atoms with Gasteiger partial charge in [0.05, 0.1) is 5.92 Å². The van der Waals surface area contributed by atoms with E-state index in [1.165, 1.54) is 22.3 Å². The third-order valence-corrected chi connectivity index (χ3v) is 7.98. The fourth-order valence-electron chi connectivity index (χ4n) is 4.70. The molecule has 0 spiro atoms. The number of thiazole rings is 1. The fraction of sp³-hybridized carbons (Fsp3) is 0.559. The number of hydrogen-bond donors (Lipinski definition) is 1. The van der Waals surface area contributed by atoms with E-state index in [1.54, 1.807) is 47.0 Å². The first-order valence-corrected chi connectivity index (χ1v) is 16.3. The Morgan fingerprint density at radius 3 is 2.33 bits per heavy atom. The van der Waals surface area contributed by atoms with Crippen molar-refractivity contribution in [3.8, 4) is 0 Å². The summed E-state index contributed by atoms with van der Waals surface area (Å²) in [5.74, 6) is -1.64. The lowest BCUT2D eigenvalue weighted by molar-refractivity contribution is -0.150. The number of rotatable bonds is 16. The number of carbonyl (C=O) groups is 4. The molecule has 11 heteroatoms. The Bertz CT molecular complexity index is 1270. The summed E-state index contributed by atoms with van der Waals surface area (Å²) in [4.78, 5) is 57.4. The molecule has 10 nitrogen and oxygen atoms in total. The first kappa shape index (κ1) is 37.5. The second-order valence-electron chi connectivity index (χ2n) is 12.5. The number of nitrogens with one attached hydrogen (secondary N) is 1. The number of ether oxygens (including phenoxy) is 3. The summed E-state index contributed by atoms with van der Waals surface area (Å²) >= 11 is 1.21. The highest BCUT2D eigenvalue weighted by atomic mass is 32.1. The van der Waals surface area contributed by atoms with E-state index in [-0.39, 0.29) is 49.1 Å². The number of amides is 2. The van der Waals surface area contributed by atoms with Crippen LogP contribution >= 0.6 is 11.3 Å². The normalized spacial score (nSPS) is 14.1. The molecule has 0 saturated heterocycles. The minimum Gasteiger partial charge on any atom is -0.461 e. The smallest absolute Gasteiger partial charge is 0.410 e. The van der Waals surface area contributed by atoms with Crippen molar-refractivity contribution in [2.24, 2.45) is 11.8 Å². The van der Waals surface area contributed by atoms with Crippen molar-refractivity contribution in [2.45, 2.75) is 97.9 Å². The van der Waals surface area contributed by atoms with Crippen molar-refractivity contribution in [3.63, 3.8) is 0 Å². The zero-order chi connectivity index (χ0) is 33.7. The second-order valence-corrected chi connectivity index (χ2v) is 13.3. The van der Waals surface area contributed by atoms with E-state index in [9.17, 15) is 19.2 Å². The molecule has 1 heterocycles. The predicted molar refractivity (Wildman–Crippen MR) is 175 cm³/mol. The molecule has 2 rings (SSSR count). The highest BCUT2D eigenvalue weighted by Gasteiger charge is 2.33. The zero-order valence-corrected chi connectivity index (χ0v) is 28.6. The number of esters is 2. The van der Waals surface area contributed by atoms with Crippen LogP contribution in [-0.2, 0) is 30.2 Å². The highest BCUT2D eigenvalue weighted by molar-refractivity contribution is 7.09. The number of aromatic nitrogens is 1. The maximum atomic E-state index is 13.5. The van der Waals surface area contributed by atoms with Gasteiger partial charge in [0.15, 0.2) is 6.10 Å². The Morgan fingerprint density at radius 1 is 1.09 bits per heavy atom. The summed E-state index contributed by atoms with van der Waals surface area (Å²) in [6.45, 7) is 16.5. The molecule has 2 amide bonds. The van der Waals surface area contributed by atoms with Crippen molar-refractivity contribution in [2.75, 3.05) is 13.7 Å². The second kappa shape index (κ2) is 17.7. The van der Waals surface area contributed by atoms with E-state index in [0.29, 0.717) is 17.8 Å². The molecule has 248 valence electrons. The van der Waals surface area contributed by atoms with Gasteiger partial charge in [-0.1, -0.05) is 70.7 Å². The molecule has 4 atom stereocenters. The molecule has 0 bridgehead atoms. The van der Waals surface area contributed by atoms with Gasteiger partial charge < -0.3 is 24.4 Å². The van der Waals surface area contributed by atoms with Gasteiger partial charge in [-0.25, -0.2) is 9.78 Å². The first-order chi connectivity index (χ1) is 21.1. The summed E-state index contributed by atoms with van der Waals surface area (Å²) in [6.07, 6.45) is 1.56. The third-order valence-electron chi connectivity index (χ3n) is 7.04. The Hall–Kier alpha value is -3.73. The summed E-state index contributed by atoms with van der Waals surface area (Å²) < 4.78 is 16.6. The number of carbonyl (C=O) groups excluding carboxylic acids is 4. The van der Waals surface area contributed by atoms with Crippen LogP contribution in [0.25, 0.3) is 0 Å². The van der Waals surface area contributed by atoms with Gasteiger partial charge in [0.25, 0.3) is 5.91 Å². The molecule has 1 aromatic heterocycles. The summed E-state index contributed by atoms with van der Waals surface area (Å²) in [5, 5.41) is 5.12. The van der Waals surface area contributed by atoms with Crippen molar-refractivity contribution in [1.29, 1.82) is 0 Å². The molecule has 0 aliphatic carbocycles. The van der Waals surface area contributed by atoms with E-state index in [4.69, 9.17) is 14.2 Å². The average molecular weight is 644 g/mol. The van der Waals surface area contributed by atoms with Crippen LogP contribution in [0.2, 0.25) is 0 Å². The molecule has 0 aliphatic heterocycles. The Labute approximate surface area is 271 Å². The largest absolute Gasteiger partial charge is 0.461 e. The maximum absolute atomic E-state index is 13.5.